The first kappa shape index (κ1) is 13.1. The lowest BCUT2D eigenvalue weighted by Gasteiger charge is -2.29. The molecule has 0 amide bonds. The third kappa shape index (κ3) is 2.55. The van der Waals surface area contributed by atoms with Gasteiger partial charge in [0.2, 0.25) is 5.95 Å². The maximum Gasteiger partial charge on any atom is 0.226 e. The molecular weight excluding hydrogens is 252 g/mol. The Morgan fingerprint density at radius 1 is 1.35 bits per heavy atom. The van der Waals surface area contributed by atoms with E-state index in [4.69, 9.17) is 0 Å². The van der Waals surface area contributed by atoms with Crippen LogP contribution >= 0.6 is 0 Å². The number of hydrogen-bond acceptors (Lipinski definition) is 5. The van der Waals surface area contributed by atoms with Crippen LogP contribution in [-0.2, 0) is 0 Å². The van der Waals surface area contributed by atoms with Gasteiger partial charge in [0, 0.05) is 13.1 Å². The van der Waals surface area contributed by atoms with E-state index >= 15 is 0 Å². The van der Waals surface area contributed by atoms with Crippen LogP contribution in [0.25, 0.3) is 11.2 Å². The van der Waals surface area contributed by atoms with Crippen LogP contribution < -0.4 is 10.6 Å². The third-order valence-electron chi connectivity index (χ3n) is 4.21. The number of aromatic nitrogens is 4. The molecule has 0 saturated heterocycles. The predicted molar refractivity (Wildman–Crippen MR) is 80.9 cm³/mol. The van der Waals surface area contributed by atoms with E-state index in [1.54, 1.807) is 6.33 Å². The molecule has 2 unspecified atom stereocenters. The SMILES string of the molecule is CCC1CCCC(Nc2nc(NC)nc3nc[nH]c23)C1. The van der Waals surface area contributed by atoms with Crippen LogP contribution in [0.4, 0.5) is 11.8 Å². The molecule has 0 bridgehead atoms. The summed E-state index contributed by atoms with van der Waals surface area (Å²) in [4.78, 5) is 16.2. The lowest BCUT2D eigenvalue weighted by molar-refractivity contribution is 0.327. The lowest BCUT2D eigenvalue weighted by atomic mass is 9.84. The summed E-state index contributed by atoms with van der Waals surface area (Å²) in [6.45, 7) is 2.28. The van der Waals surface area contributed by atoms with Crippen molar-refractivity contribution in [2.24, 2.45) is 5.92 Å². The number of imidazole rings is 1. The second-order valence-electron chi connectivity index (χ2n) is 5.53. The fourth-order valence-corrected chi connectivity index (χ4v) is 3.04. The number of fused-ring (bicyclic) bond motifs is 1. The summed E-state index contributed by atoms with van der Waals surface area (Å²) in [5, 5.41) is 6.58. The number of aromatic amines is 1. The molecule has 2 heterocycles. The van der Waals surface area contributed by atoms with E-state index in [9.17, 15) is 0 Å². The Hall–Kier alpha value is -1.85. The zero-order valence-corrected chi connectivity index (χ0v) is 12.1. The van der Waals surface area contributed by atoms with E-state index in [1.807, 2.05) is 7.05 Å². The number of hydrogen-bond donors (Lipinski definition) is 3. The summed E-state index contributed by atoms with van der Waals surface area (Å²) < 4.78 is 0. The smallest absolute Gasteiger partial charge is 0.226 e. The number of anilines is 2. The van der Waals surface area contributed by atoms with Crippen molar-refractivity contribution in [2.45, 2.75) is 45.1 Å². The highest BCUT2D eigenvalue weighted by atomic mass is 15.2. The summed E-state index contributed by atoms with van der Waals surface area (Å²) in [6.07, 6.45) is 8.03. The minimum atomic E-state index is 0.500. The molecule has 6 nitrogen and oxygen atoms in total. The van der Waals surface area contributed by atoms with E-state index in [0.29, 0.717) is 17.6 Å². The van der Waals surface area contributed by atoms with Crippen LogP contribution in [0.2, 0.25) is 0 Å². The van der Waals surface area contributed by atoms with Crippen LogP contribution in [0.1, 0.15) is 39.0 Å². The highest BCUT2D eigenvalue weighted by molar-refractivity contribution is 5.83. The van der Waals surface area contributed by atoms with Crippen LogP contribution in [0, 0.1) is 5.92 Å². The molecule has 2 aromatic rings. The second-order valence-corrected chi connectivity index (χ2v) is 5.53. The largest absolute Gasteiger partial charge is 0.365 e. The maximum absolute atomic E-state index is 4.53. The standard InChI is InChI=1S/C14H22N6/c1-3-9-5-4-6-10(7-9)18-13-11-12(17-8-16-11)19-14(15-2)20-13/h8-10H,3-7H2,1-2H3,(H3,15,16,17,18,19,20). The van der Waals surface area contributed by atoms with Crippen molar-refractivity contribution in [1.29, 1.82) is 0 Å². The Bertz CT molecular complexity index is 578. The van der Waals surface area contributed by atoms with Crippen LogP contribution in [-0.4, -0.2) is 33.0 Å². The van der Waals surface area contributed by atoms with Gasteiger partial charge in [0.25, 0.3) is 0 Å². The van der Waals surface area contributed by atoms with Crippen LogP contribution in [0.15, 0.2) is 6.33 Å². The molecule has 2 atom stereocenters. The van der Waals surface area contributed by atoms with Crippen molar-refractivity contribution >= 4 is 22.9 Å². The lowest BCUT2D eigenvalue weighted by Crippen LogP contribution is -2.27. The first-order chi connectivity index (χ1) is 9.80. The summed E-state index contributed by atoms with van der Waals surface area (Å²) >= 11 is 0. The molecule has 0 aliphatic heterocycles. The molecule has 1 saturated carbocycles. The fourth-order valence-electron chi connectivity index (χ4n) is 3.04. The molecule has 0 aromatic carbocycles. The van der Waals surface area contributed by atoms with Gasteiger partial charge < -0.3 is 15.6 Å². The molecule has 2 aromatic heterocycles. The van der Waals surface area contributed by atoms with Crippen LogP contribution in [0.3, 0.4) is 0 Å². The van der Waals surface area contributed by atoms with Gasteiger partial charge in [0.15, 0.2) is 11.5 Å². The molecule has 108 valence electrons. The van der Waals surface area contributed by atoms with Gasteiger partial charge in [0.05, 0.1) is 6.33 Å². The summed E-state index contributed by atoms with van der Waals surface area (Å²) in [7, 11) is 1.82. The van der Waals surface area contributed by atoms with Crippen molar-refractivity contribution in [3.05, 3.63) is 6.33 Å². The van der Waals surface area contributed by atoms with Gasteiger partial charge in [-0.3, -0.25) is 0 Å². The van der Waals surface area contributed by atoms with Crippen molar-refractivity contribution in [2.75, 3.05) is 17.7 Å². The Labute approximate surface area is 118 Å². The second kappa shape index (κ2) is 5.64. The molecule has 3 rings (SSSR count). The Morgan fingerprint density at radius 3 is 3.05 bits per heavy atom. The maximum atomic E-state index is 4.53. The van der Waals surface area contributed by atoms with E-state index in [0.717, 1.165) is 17.3 Å². The number of rotatable bonds is 4. The molecule has 1 aliphatic carbocycles. The topological polar surface area (TPSA) is 78.5 Å². The average molecular weight is 274 g/mol. The van der Waals surface area contributed by atoms with Gasteiger partial charge in [-0.1, -0.05) is 26.2 Å². The quantitative estimate of drug-likeness (QED) is 0.799. The van der Waals surface area contributed by atoms with Crippen LogP contribution in [0.5, 0.6) is 0 Å². The minimum absolute atomic E-state index is 0.500. The first-order valence-corrected chi connectivity index (χ1v) is 7.45. The number of H-pyrrole nitrogens is 1. The Balaban J connectivity index is 1.84. The third-order valence-corrected chi connectivity index (χ3v) is 4.21. The van der Waals surface area contributed by atoms with E-state index in [1.165, 1.54) is 32.1 Å². The molecule has 6 heteroatoms. The molecular formula is C14H22N6. The monoisotopic (exact) mass is 274 g/mol. The summed E-state index contributed by atoms with van der Waals surface area (Å²) in [5.41, 5.74) is 1.59. The van der Waals surface area contributed by atoms with Gasteiger partial charge in [-0.15, -0.1) is 0 Å². The molecule has 0 radical (unpaired) electrons. The fraction of sp³-hybridized carbons (Fsp3) is 0.643. The highest BCUT2D eigenvalue weighted by Crippen LogP contribution is 2.29. The normalized spacial score (nSPS) is 22.9. The molecule has 0 spiro atoms. The summed E-state index contributed by atoms with van der Waals surface area (Å²) in [5.74, 6) is 2.30. The Kier molecular flexibility index (Phi) is 3.71. The molecule has 1 aliphatic rings. The van der Waals surface area contributed by atoms with E-state index in [-0.39, 0.29) is 0 Å². The highest BCUT2D eigenvalue weighted by Gasteiger charge is 2.22. The van der Waals surface area contributed by atoms with Crippen molar-refractivity contribution < 1.29 is 0 Å². The van der Waals surface area contributed by atoms with E-state index in [2.05, 4.69) is 37.5 Å². The van der Waals surface area contributed by atoms with Crippen molar-refractivity contribution in [3.63, 3.8) is 0 Å². The van der Waals surface area contributed by atoms with Gasteiger partial charge >= 0.3 is 0 Å². The molecule has 1 fully saturated rings. The average Bonchev–Trinajstić information content (AvgIpc) is 2.96. The number of nitrogens with zero attached hydrogens (tertiary/aromatic N) is 3. The van der Waals surface area contributed by atoms with E-state index < -0.39 is 0 Å². The first-order valence-electron chi connectivity index (χ1n) is 7.45. The predicted octanol–water partition coefficient (Wildman–Crippen LogP) is 2.78. The number of nitrogens with one attached hydrogen (secondary N) is 3. The minimum Gasteiger partial charge on any atom is -0.365 e. The zero-order valence-electron chi connectivity index (χ0n) is 12.1. The zero-order chi connectivity index (χ0) is 13.9. The van der Waals surface area contributed by atoms with Gasteiger partial charge in [0.1, 0.15) is 5.52 Å². The van der Waals surface area contributed by atoms with Gasteiger partial charge in [-0.25, -0.2) is 4.98 Å². The molecule has 20 heavy (non-hydrogen) atoms. The van der Waals surface area contributed by atoms with Gasteiger partial charge in [-0.05, 0) is 18.8 Å². The Morgan fingerprint density at radius 2 is 2.25 bits per heavy atom. The molecule has 3 N–H and O–H groups in total. The van der Waals surface area contributed by atoms with Gasteiger partial charge in [-0.2, -0.15) is 9.97 Å². The van der Waals surface area contributed by atoms with Crippen molar-refractivity contribution in [1.82, 2.24) is 19.9 Å². The summed E-state index contributed by atoms with van der Waals surface area (Å²) in [6, 6.07) is 0.500. The van der Waals surface area contributed by atoms with Crippen molar-refractivity contribution in [3.8, 4) is 0 Å².